The summed E-state index contributed by atoms with van der Waals surface area (Å²) in [5, 5.41) is 24.4. The van der Waals surface area contributed by atoms with Crippen molar-refractivity contribution < 1.29 is 36.2 Å². The Morgan fingerprint density at radius 1 is 1.00 bits per heavy atom. The van der Waals surface area contributed by atoms with Crippen LogP contribution in [0, 0.1) is 11.3 Å². The first-order valence-electron chi connectivity index (χ1n) is 12.0. The number of hydrogen-bond acceptors (Lipinski definition) is 7. The van der Waals surface area contributed by atoms with E-state index in [4.69, 9.17) is 16.3 Å². The molecule has 0 spiro atoms. The van der Waals surface area contributed by atoms with Crippen LogP contribution in [0.1, 0.15) is 28.1 Å². The van der Waals surface area contributed by atoms with Gasteiger partial charge >= 0.3 is 12.4 Å². The lowest BCUT2D eigenvalue weighted by atomic mass is 9.83. The van der Waals surface area contributed by atoms with Gasteiger partial charge in [-0.1, -0.05) is 23.7 Å². The highest BCUT2D eigenvalue weighted by Crippen LogP contribution is 2.46. The van der Waals surface area contributed by atoms with Crippen LogP contribution < -0.4 is 10.1 Å². The number of nitrogens with zero attached hydrogens (tertiary/aromatic N) is 4. The van der Waals surface area contributed by atoms with Crippen molar-refractivity contribution in [2.24, 2.45) is 0 Å². The average molecular weight is 606 g/mol. The van der Waals surface area contributed by atoms with Crippen molar-refractivity contribution >= 4 is 22.5 Å². The third kappa shape index (κ3) is 5.15. The molecule has 216 valence electrons. The molecule has 0 aliphatic carbocycles. The molecule has 0 amide bonds. The van der Waals surface area contributed by atoms with Crippen molar-refractivity contribution in [2.45, 2.75) is 18.0 Å². The smallest absolute Gasteiger partial charge is 0.433 e. The Hall–Kier alpha value is -4.54. The number of fused-ring (bicyclic) bond motifs is 1. The molecule has 0 saturated carbocycles. The number of aromatic nitrogens is 2. The Morgan fingerprint density at radius 3 is 2.24 bits per heavy atom. The number of nitriles is 1. The van der Waals surface area contributed by atoms with E-state index in [1.165, 1.54) is 42.6 Å². The van der Waals surface area contributed by atoms with Gasteiger partial charge in [0.1, 0.15) is 23.1 Å². The van der Waals surface area contributed by atoms with Crippen LogP contribution in [-0.4, -0.2) is 33.7 Å². The van der Waals surface area contributed by atoms with Gasteiger partial charge in [0.2, 0.25) is 0 Å². The van der Waals surface area contributed by atoms with E-state index < -0.39 is 46.0 Å². The van der Waals surface area contributed by atoms with Gasteiger partial charge in [0.25, 0.3) is 0 Å². The Bertz CT molecular complexity index is 1730. The molecule has 2 aromatic carbocycles. The fourth-order valence-corrected chi connectivity index (χ4v) is 4.77. The maximum Gasteiger partial charge on any atom is 0.433 e. The number of alkyl halides is 6. The summed E-state index contributed by atoms with van der Waals surface area (Å²) in [6.07, 6.45) is -7.60. The number of hydrogen-bond donors (Lipinski definition) is 2. The second-order valence-corrected chi connectivity index (χ2v) is 9.73. The number of aliphatic hydroxyl groups is 1. The zero-order chi connectivity index (χ0) is 30.4. The molecule has 0 saturated heterocycles. The lowest BCUT2D eigenvalue weighted by molar-refractivity contribution is -0.141. The molecule has 1 aliphatic rings. The zero-order valence-electron chi connectivity index (χ0n) is 21.3. The van der Waals surface area contributed by atoms with Crippen LogP contribution in [0.25, 0.3) is 10.9 Å². The van der Waals surface area contributed by atoms with E-state index >= 15 is 0 Å². The fraction of sp³-hybridized carbons (Fsp3) is 0.179. The van der Waals surface area contributed by atoms with Gasteiger partial charge in [0.05, 0.1) is 17.9 Å². The molecule has 14 heteroatoms. The minimum atomic E-state index is -5.06. The minimum Gasteiger partial charge on any atom is -0.454 e. The molecule has 0 radical (unpaired) electrons. The molecule has 4 aromatic rings. The number of halogens is 7. The average Bonchev–Trinajstić information content (AvgIpc) is 3.38. The highest BCUT2D eigenvalue weighted by atomic mass is 35.5. The van der Waals surface area contributed by atoms with E-state index in [-0.39, 0.29) is 34.8 Å². The number of likely N-dealkylation sites (N-methyl/N-ethyl adjacent to an activating group) is 1. The van der Waals surface area contributed by atoms with Gasteiger partial charge in [0.15, 0.2) is 17.0 Å². The van der Waals surface area contributed by atoms with Crippen LogP contribution in [0.5, 0.6) is 11.5 Å². The molecule has 0 fully saturated rings. The second kappa shape index (κ2) is 10.4. The van der Waals surface area contributed by atoms with Gasteiger partial charge < -0.3 is 20.1 Å². The molecule has 1 atom stereocenters. The number of pyridine rings is 2. The first-order valence-corrected chi connectivity index (χ1v) is 12.4. The Balaban J connectivity index is 1.77. The topological polar surface area (TPSA) is 94.3 Å². The van der Waals surface area contributed by atoms with E-state index in [0.717, 1.165) is 18.3 Å². The third-order valence-electron chi connectivity index (χ3n) is 6.60. The van der Waals surface area contributed by atoms with Crippen molar-refractivity contribution in [3.05, 3.63) is 106 Å². The summed E-state index contributed by atoms with van der Waals surface area (Å²) in [5.41, 5.74) is -5.80. The first kappa shape index (κ1) is 29.0. The van der Waals surface area contributed by atoms with Crippen LogP contribution in [0.15, 0.2) is 72.7 Å². The Labute approximate surface area is 239 Å². The maximum atomic E-state index is 14.7. The van der Waals surface area contributed by atoms with Gasteiger partial charge in [-0.3, -0.25) is 4.98 Å². The standard InChI is InChI=1S/C28H18ClF6N5O2/c1-40-14-37-13-23(40)26(41,16-3-9-22(38-12-16)27(30,31)32)15-2-8-20-19(10-15)24(28(33,34)35)25(21(11-36)39-20)42-18-6-4-17(29)5-7-18/h2-10,12-13,37,41H,14H2,1H3. The molecule has 42 heavy (non-hydrogen) atoms. The van der Waals surface area contributed by atoms with Crippen LogP contribution in [-0.2, 0) is 18.0 Å². The summed E-state index contributed by atoms with van der Waals surface area (Å²) in [7, 11) is 1.58. The van der Waals surface area contributed by atoms with E-state index in [2.05, 4.69) is 15.3 Å². The number of benzene rings is 2. The summed E-state index contributed by atoms with van der Waals surface area (Å²) < 4.78 is 89.2. The normalized spacial score (nSPS) is 15.1. The predicted molar refractivity (Wildman–Crippen MR) is 139 cm³/mol. The van der Waals surface area contributed by atoms with Crippen molar-refractivity contribution in [2.75, 3.05) is 13.7 Å². The number of ether oxygens (including phenoxy) is 1. The minimum absolute atomic E-state index is 0.0464. The molecule has 1 aliphatic heterocycles. The third-order valence-corrected chi connectivity index (χ3v) is 6.85. The van der Waals surface area contributed by atoms with Crippen LogP contribution >= 0.6 is 11.6 Å². The van der Waals surface area contributed by atoms with Crippen LogP contribution in [0.3, 0.4) is 0 Å². The molecule has 2 N–H and O–H groups in total. The van der Waals surface area contributed by atoms with E-state index in [1.54, 1.807) is 18.0 Å². The van der Waals surface area contributed by atoms with Gasteiger partial charge in [-0.15, -0.1) is 0 Å². The second-order valence-electron chi connectivity index (χ2n) is 9.29. The molecule has 3 heterocycles. The number of rotatable bonds is 5. The molecule has 0 bridgehead atoms. The molecular formula is C28H18ClF6N5O2. The molecular weight excluding hydrogens is 588 g/mol. The highest BCUT2D eigenvalue weighted by Gasteiger charge is 2.43. The Morgan fingerprint density at radius 2 is 1.69 bits per heavy atom. The fourth-order valence-electron chi connectivity index (χ4n) is 4.64. The summed E-state index contributed by atoms with van der Waals surface area (Å²) in [6, 6.07) is 12.2. The van der Waals surface area contributed by atoms with Crippen LogP contribution in [0.2, 0.25) is 5.02 Å². The summed E-state index contributed by atoms with van der Waals surface area (Å²) >= 11 is 5.86. The largest absolute Gasteiger partial charge is 0.454 e. The summed E-state index contributed by atoms with van der Waals surface area (Å²) in [6.45, 7) is 0.208. The van der Waals surface area contributed by atoms with Crippen LogP contribution in [0.4, 0.5) is 26.3 Å². The van der Waals surface area contributed by atoms with Crippen molar-refractivity contribution in [3.63, 3.8) is 0 Å². The lowest BCUT2D eigenvalue weighted by Gasteiger charge is -2.34. The van der Waals surface area contributed by atoms with E-state index in [9.17, 15) is 36.7 Å². The van der Waals surface area contributed by atoms with Gasteiger partial charge in [-0.2, -0.15) is 31.6 Å². The van der Waals surface area contributed by atoms with Gasteiger partial charge in [0, 0.05) is 35.4 Å². The zero-order valence-corrected chi connectivity index (χ0v) is 22.1. The Kier molecular flexibility index (Phi) is 7.16. The summed E-state index contributed by atoms with van der Waals surface area (Å²) in [5.74, 6) is -0.912. The molecule has 1 unspecified atom stereocenters. The molecule has 7 nitrogen and oxygen atoms in total. The van der Waals surface area contributed by atoms with Gasteiger partial charge in [-0.25, -0.2) is 4.98 Å². The van der Waals surface area contributed by atoms with E-state index in [0.29, 0.717) is 11.1 Å². The van der Waals surface area contributed by atoms with Gasteiger partial charge in [-0.05, 0) is 48.0 Å². The van der Waals surface area contributed by atoms with Crippen molar-refractivity contribution in [3.8, 4) is 17.6 Å². The molecule has 5 rings (SSSR count). The monoisotopic (exact) mass is 605 g/mol. The first-order chi connectivity index (χ1) is 19.7. The van der Waals surface area contributed by atoms with Crippen molar-refractivity contribution in [1.82, 2.24) is 20.2 Å². The maximum absolute atomic E-state index is 14.7. The SMILES string of the molecule is CN1CNC=C1C(O)(c1ccc(C(F)(F)F)nc1)c1ccc2nc(C#N)c(Oc3ccc(Cl)cc3)c(C(F)(F)F)c2c1. The summed E-state index contributed by atoms with van der Waals surface area (Å²) in [4.78, 5) is 9.04. The molecule has 2 aromatic heterocycles. The van der Waals surface area contributed by atoms with E-state index in [1.807, 2.05) is 0 Å². The number of nitrogens with one attached hydrogen (secondary N) is 1. The highest BCUT2D eigenvalue weighted by molar-refractivity contribution is 6.30. The quantitative estimate of drug-likeness (QED) is 0.249. The lowest BCUT2D eigenvalue weighted by Crippen LogP contribution is -2.36. The predicted octanol–water partition coefficient (Wildman–Crippen LogP) is 6.55. The van der Waals surface area contributed by atoms with Crippen molar-refractivity contribution in [1.29, 1.82) is 5.26 Å².